The summed E-state index contributed by atoms with van der Waals surface area (Å²) in [5.74, 6) is -0.553. The van der Waals surface area contributed by atoms with Crippen LogP contribution in [0.1, 0.15) is 30.5 Å². The molecule has 1 heterocycles. The Morgan fingerprint density at radius 1 is 0.964 bits per heavy atom. The highest BCUT2D eigenvalue weighted by molar-refractivity contribution is 6.41. The smallest absolute Gasteiger partial charge is 0.278 e. The molecule has 0 aromatic heterocycles. The molecule has 3 rings (SSSR count). The molecule has 0 fully saturated rings. The van der Waals surface area contributed by atoms with E-state index in [2.05, 4.69) is 5.32 Å². The zero-order valence-electron chi connectivity index (χ0n) is 16.3. The lowest BCUT2D eigenvalue weighted by Gasteiger charge is -2.17. The first-order chi connectivity index (χ1) is 13.2. The van der Waals surface area contributed by atoms with E-state index in [0.717, 1.165) is 16.8 Å². The second-order valence-corrected chi connectivity index (χ2v) is 8.26. The number of imide groups is 1. The van der Waals surface area contributed by atoms with Crippen molar-refractivity contribution in [3.8, 4) is 0 Å². The number of hydrogen-bond donors (Lipinski definition) is 1. The molecule has 1 aliphatic heterocycles. The van der Waals surface area contributed by atoms with Gasteiger partial charge in [0.15, 0.2) is 0 Å². The largest absolute Gasteiger partial charge is 0.350 e. The third-order valence-electron chi connectivity index (χ3n) is 4.69. The van der Waals surface area contributed by atoms with Gasteiger partial charge in [-0.25, -0.2) is 0 Å². The minimum Gasteiger partial charge on any atom is -0.350 e. The Hall–Kier alpha value is -2.30. The van der Waals surface area contributed by atoms with Crippen molar-refractivity contribution in [2.75, 3.05) is 11.9 Å². The quantitative estimate of drug-likeness (QED) is 0.658. The van der Waals surface area contributed by atoms with Gasteiger partial charge in [-0.3, -0.25) is 14.5 Å². The van der Waals surface area contributed by atoms with E-state index in [4.69, 9.17) is 23.2 Å². The molecule has 0 atom stereocenters. The fourth-order valence-corrected chi connectivity index (χ4v) is 3.63. The highest BCUT2D eigenvalue weighted by Crippen LogP contribution is 2.35. The molecule has 6 heteroatoms. The Bertz CT molecular complexity index is 996. The Labute approximate surface area is 175 Å². The Morgan fingerprint density at radius 2 is 1.68 bits per heavy atom. The number of anilines is 1. The molecule has 0 saturated carbocycles. The van der Waals surface area contributed by atoms with Crippen LogP contribution in [0, 0.1) is 19.8 Å². The summed E-state index contributed by atoms with van der Waals surface area (Å²) in [6.45, 7) is 8.28. The van der Waals surface area contributed by atoms with Crippen molar-refractivity contribution in [2.45, 2.75) is 27.7 Å². The lowest BCUT2D eigenvalue weighted by Crippen LogP contribution is -2.35. The van der Waals surface area contributed by atoms with Crippen molar-refractivity contribution >= 4 is 46.3 Å². The number of nitrogens with zero attached hydrogens (tertiary/aromatic N) is 1. The van der Waals surface area contributed by atoms with Crippen LogP contribution >= 0.6 is 23.2 Å². The first-order valence-electron chi connectivity index (χ1n) is 9.09. The van der Waals surface area contributed by atoms with Gasteiger partial charge in [0, 0.05) is 22.8 Å². The van der Waals surface area contributed by atoms with Crippen molar-refractivity contribution in [1.82, 2.24) is 4.90 Å². The second-order valence-electron chi connectivity index (χ2n) is 7.41. The van der Waals surface area contributed by atoms with Gasteiger partial charge in [-0.1, -0.05) is 49.2 Å². The van der Waals surface area contributed by atoms with Gasteiger partial charge in [-0.2, -0.15) is 0 Å². The van der Waals surface area contributed by atoms with E-state index in [-0.39, 0.29) is 29.0 Å². The van der Waals surface area contributed by atoms with Crippen LogP contribution in [-0.4, -0.2) is 23.3 Å². The summed E-state index contributed by atoms with van der Waals surface area (Å²) in [6.07, 6.45) is 0. The van der Waals surface area contributed by atoms with Crippen LogP contribution in [0.3, 0.4) is 0 Å². The van der Waals surface area contributed by atoms with Crippen LogP contribution in [0.15, 0.2) is 42.1 Å². The van der Waals surface area contributed by atoms with Crippen LogP contribution in [0.25, 0.3) is 5.57 Å². The number of carbonyl (C=O) groups is 2. The van der Waals surface area contributed by atoms with Gasteiger partial charge in [0.05, 0.1) is 10.6 Å². The van der Waals surface area contributed by atoms with Gasteiger partial charge in [0.25, 0.3) is 11.8 Å². The first-order valence-corrected chi connectivity index (χ1v) is 9.84. The van der Waals surface area contributed by atoms with Crippen LogP contribution in [-0.2, 0) is 9.59 Å². The number of amides is 2. The van der Waals surface area contributed by atoms with Crippen LogP contribution in [0.4, 0.5) is 5.69 Å². The SMILES string of the molecule is Cc1ccc(NC2=C(c3ccc(Cl)cc3Cl)C(=O)N(CC(C)C)C2=O)cc1C. The van der Waals surface area contributed by atoms with E-state index < -0.39 is 0 Å². The molecule has 4 nitrogen and oxygen atoms in total. The maximum atomic E-state index is 13.1. The Kier molecular flexibility index (Phi) is 5.82. The van der Waals surface area contributed by atoms with E-state index >= 15 is 0 Å². The molecule has 1 aliphatic rings. The van der Waals surface area contributed by atoms with Crippen molar-refractivity contribution in [3.63, 3.8) is 0 Å². The number of nitrogens with one attached hydrogen (secondary N) is 1. The number of carbonyl (C=O) groups excluding carboxylic acids is 2. The Morgan fingerprint density at radius 3 is 2.29 bits per heavy atom. The number of aryl methyl sites for hydroxylation is 2. The zero-order valence-corrected chi connectivity index (χ0v) is 17.8. The van der Waals surface area contributed by atoms with Crippen molar-refractivity contribution in [1.29, 1.82) is 0 Å². The number of hydrogen-bond acceptors (Lipinski definition) is 3. The third-order valence-corrected chi connectivity index (χ3v) is 5.24. The summed E-state index contributed by atoms with van der Waals surface area (Å²) in [7, 11) is 0. The van der Waals surface area contributed by atoms with Gasteiger partial charge in [-0.15, -0.1) is 0 Å². The number of rotatable bonds is 5. The molecule has 146 valence electrons. The van der Waals surface area contributed by atoms with Crippen LogP contribution in [0.2, 0.25) is 10.0 Å². The van der Waals surface area contributed by atoms with E-state index in [9.17, 15) is 9.59 Å². The molecule has 0 aliphatic carbocycles. The van der Waals surface area contributed by atoms with Gasteiger partial charge in [-0.05, 0) is 55.2 Å². The molecule has 0 unspecified atom stereocenters. The zero-order chi connectivity index (χ0) is 20.6. The number of benzene rings is 2. The topological polar surface area (TPSA) is 49.4 Å². The monoisotopic (exact) mass is 416 g/mol. The van der Waals surface area contributed by atoms with Gasteiger partial charge in [0.2, 0.25) is 0 Å². The van der Waals surface area contributed by atoms with Crippen molar-refractivity contribution in [2.24, 2.45) is 5.92 Å². The average Bonchev–Trinajstić information content (AvgIpc) is 2.83. The molecular weight excluding hydrogens is 395 g/mol. The molecule has 2 amide bonds. The Balaban J connectivity index is 2.12. The van der Waals surface area contributed by atoms with E-state index in [0.29, 0.717) is 22.2 Å². The van der Waals surface area contributed by atoms with Crippen LogP contribution in [0.5, 0.6) is 0 Å². The maximum Gasteiger partial charge on any atom is 0.278 e. The molecule has 2 aromatic carbocycles. The maximum absolute atomic E-state index is 13.1. The second kappa shape index (κ2) is 7.98. The van der Waals surface area contributed by atoms with Crippen molar-refractivity contribution < 1.29 is 9.59 Å². The fraction of sp³-hybridized carbons (Fsp3) is 0.273. The number of halogens is 2. The molecule has 28 heavy (non-hydrogen) atoms. The summed E-state index contributed by atoms with van der Waals surface area (Å²) in [6, 6.07) is 10.7. The average molecular weight is 417 g/mol. The molecule has 0 spiro atoms. The third kappa shape index (κ3) is 3.94. The standard InChI is InChI=1S/C22H22Cl2N2O2/c1-12(2)11-26-21(27)19(17-8-6-15(23)10-18(17)24)20(22(26)28)25-16-7-5-13(3)14(4)9-16/h5-10,12,25H,11H2,1-4H3. The predicted octanol–water partition coefficient (Wildman–Crippen LogP) is 5.46. The molecular formula is C22H22Cl2N2O2. The van der Waals surface area contributed by atoms with Gasteiger partial charge < -0.3 is 5.32 Å². The molecule has 0 radical (unpaired) electrons. The lowest BCUT2D eigenvalue weighted by molar-refractivity contribution is -0.137. The fourth-order valence-electron chi connectivity index (χ4n) is 3.13. The summed E-state index contributed by atoms with van der Waals surface area (Å²) < 4.78 is 0. The highest BCUT2D eigenvalue weighted by atomic mass is 35.5. The minimum atomic E-state index is -0.353. The molecule has 0 bridgehead atoms. The summed E-state index contributed by atoms with van der Waals surface area (Å²) in [5.41, 5.74) is 3.97. The highest BCUT2D eigenvalue weighted by Gasteiger charge is 2.40. The summed E-state index contributed by atoms with van der Waals surface area (Å²) in [5, 5.41) is 3.95. The first kappa shape index (κ1) is 20.4. The van der Waals surface area contributed by atoms with E-state index in [1.807, 2.05) is 45.9 Å². The summed E-state index contributed by atoms with van der Waals surface area (Å²) in [4.78, 5) is 27.5. The lowest BCUT2D eigenvalue weighted by atomic mass is 10.0. The normalized spacial score (nSPS) is 14.5. The van der Waals surface area contributed by atoms with Gasteiger partial charge in [0.1, 0.15) is 5.70 Å². The van der Waals surface area contributed by atoms with Crippen molar-refractivity contribution in [3.05, 3.63) is 68.8 Å². The van der Waals surface area contributed by atoms with E-state index in [1.54, 1.807) is 18.2 Å². The molecule has 0 saturated heterocycles. The molecule has 2 aromatic rings. The minimum absolute atomic E-state index is 0.149. The van der Waals surface area contributed by atoms with Crippen LogP contribution < -0.4 is 5.32 Å². The van der Waals surface area contributed by atoms with Gasteiger partial charge >= 0.3 is 0 Å². The predicted molar refractivity (Wildman–Crippen MR) is 114 cm³/mol. The molecule has 1 N–H and O–H groups in total. The van der Waals surface area contributed by atoms with E-state index in [1.165, 1.54) is 4.90 Å². The summed E-state index contributed by atoms with van der Waals surface area (Å²) >= 11 is 12.4.